The third-order valence-electron chi connectivity index (χ3n) is 4.90. The van der Waals surface area contributed by atoms with Crippen LogP contribution in [0.2, 0.25) is 0 Å². The molecule has 0 N–H and O–H groups in total. The molecule has 150 valence electrons. The Hall–Kier alpha value is -1.55. The number of halogens is 1. The molecule has 3 rings (SSSR count). The number of amides is 1. The summed E-state index contributed by atoms with van der Waals surface area (Å²) in [4.78, 5) is 16.0. The molecule has 2 heterocycles. The van der Waals surface area contributed by atoms with Crippen molar-refractivity contribution < 1.29 is 22.3 Å². The van der Waals surface area contributed by atoms with Crippen molar-refractivity contribution in [2.45, 2.75) is 31.0 Å². The molecule has 2 atom stereocenters. The molecule has 0 spiro atoms. The summed E-state index contributed by atoms with van der Waals surface area (Å²) in [7, 11) is -3.89. The fourth-order valence-corrected chi connectivity index (χ4v) is 5.16. The molecule has 0 unspecified atom stereocenters. The fraction of sp³-hybridized carbons (Fsp3) is 0.611. The first kappa shape index (κ1) is 20.2. The lowest BCUT2D eigenvalue weighted by Crippen LogP contribution is -2.54. The molecule has 1 amide bonds. The lowest BCUT2D eigenvalue weighted by Gasteiger charge is -2.38. The van der Waals surface area contributed by atoms with Crippen LogP contribution in [0.3, 0.4) is 0 Å². The van der Waals surface area contributed by atoms with Gasteiger partial charge in [0.05, 0.1) is 18.8 Å². The molecule has 9 heteroatoms. The highest BCUT2D eigenvalue weighted by Gasteiger charge is 2.32. The maximum atomic E-state index is 13.9. The molecule has 2 saturated heterocycles. The molecule has 1 aromatic rings. The summed E-state index contributed by atoms with van der Waals surface area (Å²) >= 11 is 0. The summed E-state index contributed by atoms with van der Waals surface area (Å²) < 4.78 is 46.1. The molecule has 0 bridgehead atoms. The minimum absolute atomic E-state index is 0.0146. The van der Waals surface area contributed by atoms with E-state index in [2.05, 4.69) is 4.90 Å². The molecule has 0 radical (unpaired) electrons. The van der Waals surface area contributed by atoms with Gasteiger partial charge in [0, 0.05) is 39.3 Å². The Bertz CT molecular complexity index is 771. The topological polar surface area (TPSA) is 70.2 Å². The zero-order valence-corrected chi connectivity index (χ0v) is 16.5. The first-order valence-electron chi connectivity index (χ1n) is 9.17. The number of piperazine rings is 1. The van der Waals surface area contributed by atoms with Crippen molar-refractivity contribution in [1.82, 2.24) is 14.1 Å². The predicted molar refractivity (Wildman–Crippen MR) is 98.2 cm³/mol. The first-order valence-corrected chi connectivity index (χ1v) is 10.6. The molecule has 0 aromatic heterocycles. The van der Waals surface area contributed by atoms with Gasteiger partial charge in [-0.25, -0.2) is 12.8 Å². The number of ether oxygens (including phenoxy) is 1. The van der Waals surface area contributed by atoms with Gasteiger partial charge < -0.3 is 9.64 Å². The van der Waals surface area contributed by atoms with Gasteiger partial charge >= 0.3 is 0 Å². The van der Waals surface area contributed by atoms with E-state index in [1.54, 1.807) is 4.90 Å². The number of hydrogen-bond donors (Lipinski definition) is 0. The van der Waals surface area contributed by atoms with Gasteiger partial charge in [0.2, 0.25) is 15.9 Å². The monoisotopic (exact) mass is 399 g/mol. The van der Waals surface area contributed by atoms with Crippen LogP contribution in [0, 0.1) is 5.82 Å². The average molecular weight is 399 g/mol. The number of nitrogens with zero attached hydrogens (tertiary/aromatic N) is 3. The first-order chi connectivity index (χ1) is 12.8. The van der Waals surface area contributed by atoms with E-state index < -0.39 is 15.8 Å². The van der Waals surface area contributed by atoms with Crippen molar-refractivity contribution in [2.75, 3.05) is 45.8 Å². The molecule has 0 aliphatic carbocycles. The number of hydrogen-bond acceptors (Lipinski definition) is 5. The Labute approximate surface area is 159 Å². The minimum Gasteiger partial charge on any atom is -0.373 e. The van der Waals surface area contributed by atoms with Gasteiger partial charge in [0.1, 0.15) is 10.7 Å². The Morgan fingerprint density at radius 3 is 2.30 bits per heavy atom. The number of carbonyl (C=O) groups is 1. The molecular formula is C18H26FN3O4S. The third-order valence-corrected chi connectivity index (χ3v) is 6.83. The normalized spacial score (nSPS) is 25.5. The van der Waals surface area contributed by atoms with Crippen molar-refractivity contribution in [1.29, 1.82) is 0 Å². The van der Waals surface area contributed by atoms with Crippen molar-refractivity contribution in [3.05, 3.63) is 30.1 Å². The number of rotatable bonds is 4. The van der Waals surface area contributed by atoms with E-state index in [1.165, 1.54) is 22.5 Å². The number of benzene rings is 1. The zero-order valence-electron chi connectivity index (χ0n) is 15.7. The molecule has 7 nitrogen and oxygen atoms in total. The molecular weight excluding hydrogens is 373 g/mol. The van der Waals surface area contributed by atoms with E-state index in [0.717, 1.165) is 6.07 Å². The van der Waals surface area contributed by atoms with Gasteiger partial charge in [-0.1, -0.05) is 12.1 Å². The summed E-state index contributed by atoms with van der Waals surface area (Å²) in [5, 5.41) is 0. The van der Waals surface area contributed by atoms with Crippen LogP contribution < -0.4 is 0 Å². The van der Waals surface area contributed by atoms with Gasteiger partial charge in [-0.2, -0.15) is 4.31 Å². The lowest BCUT2D eigenvalue weighted by molar-refractivity contribution is -0.137. The Morgan fingerprint density at radius 1 is 1.11 bits per heavy atom. The fourth-order valence-electron chi connectivity index (χ4n) is 3.68. The summed E-state index contributed by atoms with van der Waals surface area (Å²) in [5.74, 6) is -0.772. The lowest BCUT2D eigenvalue weighted by atomic mass is 10.2. The van der Waals surface area contributed by atoms with Crippen LogP contribution in [0.5, 0.6) is 0 Å². The van der Waals surface area contributed by atoms with Crippen molar-refractivity contribution in [3.8, 4) is 0 Å². The number of sulfonamides is 1. The molecule has 2 aliphatic heterocycles. The Kier molecular flexibility index (Phi) is 6.15. The van der Waals surface area contributed by atoms with Gasteiger partial charge in [-0.15, -0.1) is 0 Å². The maximum absolute atomic E-state index is 13.9. The van der Waals surface area contributed by atoms with Gasteiger partial charge in [-0.3, -0.25) is 9.69 Å². The van der Waals surface area contributed by atoms with Crippen molar-refractivity contribution in [3.63, 3.8) is 0 Å². The van der Waals surface area contributed by atoms with Crippen LogP contribution in [0.1, 0.15) is 13.8 Å². The van der Waals surface area contributed by atoms with E-state index in [1.807, 2.05) is 13.8 Å². The van der Waals surface area contributed by atoms with Crippen molar-refractivity contribution >= 4 is 15.9 Å². The van der Waals surface area contributed by atoms with Gasteiger partial charge in [0.25, 0.3) is 0 Å². The quantitative estimate of drug-likeness (QED) is 0.748. The summed E-state index contributed by atoms with van der Waals surface area (Å²) in [6.45, 7) is 6.63. The Balaban J connectivity index is 1.57. The molecule has 27 heavy (non-hydrogen) atoms. The van der Waals surface area contributed by atoms with E-state index in [-0.39, 0.29) is 36.1 Å². The molecule has 2 aliphatic rings. The average Bonchev–Trinajstić information content (AvgIpc) is 2.61. The van der Waals surface area contributed by atoms with Crippen LogP contribution in [0.4, 0.5) is 4.39 Å². The summed E-state index contributed by atoms with van der Waals surface area (Å²) in [6, 6.07) is 5.36. The molecule has 2 fully saturated rings. The smallest absolute Gasteiger partial charge is 0.246 e. The van der Waals surface area contributed by atoms with Crippen LogP contribution in [0.25, 0.3) is 0 Å². The highest BCUT2D eigenvalue weighted by molar-refractivity contribution is 7.89. The summed E-state index contributed by atoms with van der Waals surface area (Å²) in [5.41, 5.74) is 0. The van der Waals surface area contributed by atoms with E-state index >= 15 is 0 Å². The van der Waals surface area contributed by atoms with E-state index in [9.17, 15) is 17.6 Å². The van der Waals surface area contributed by atoms with Gasteiger partial charge in [-0.05, 0) is 26.0 Å². The zero-order chi connectivity index (χ0) is 19.6. The number of morpholine rings is 1. The minimum atomic E-state index is -3.89. The van der Waals surface area contributed by atoms with Crippen molar-refractivity contribution in [2.24, 2.45) is 0 Å². The highest BCUT2D eigenvalue weighted by atomic mass is 32.2. The second kappa shape index (κ2) is 8.22. The van der Waals surface area contributed by atoms with Gasteiger partial charge in [0.15, 0.2) is 0 Å². The third kappa shape index (κ3) is 4.66. The predicted octanol–water partition coefficient (Wildman–Crippen LogP) is 0.768. The second-order valence-electron chi connectivity index (χ2n) is 7.17. The standard InChI is InChI=1S/C18H26FN3O4S/c1-14-11-20(12-15(2)26-14)13-18(23)21-7-9-22(10-8-21)27(24,25)17-6-4-3-5-16(17)19/h3-6,14-15H,7-13H2,1-2H3/t14-,15+. The summed E-state index contributed by atoms with van der Waals surface area (Å²) in [6.07, 6.45) is 0.175. The number of carbonyl (C=O) groups excluding carboxylic acids is 1. The largest absolute Gasteiger partial charge is 0.373 e. The maximum Gasteiger partial charge on any atom is 0.246 e. The molecule has 0 saturated carbocycles. The van der Waals surface area contributed by atoms with Crippen LogP contribution in [-0.4, -0.2) is 86.5 Å². The Morgan fingerprint density at radius 2 is 1.70 bits per heavy atom. The van der Waals surface area contributed by atoms with E-state index in [4.69, 9.17) is 4.74 Å². The highest BCUT2D eigenvalue weighted by Crippen LogP contribution is 2.20. The van der Waals surface area contributed by atoms with Crippen LogP contribution >= 0.6 is 0 Å². The van der Waals surface area contributed by atoms with E-state index in [0.29, 0.717) is 32.7 Å². The second-order valence-corrected chi connectivity index (χ2v) is 9.07. The SMILES string of the molecule is C[C@@H]1CN(CC(=O)N2CCN(S(=O)(=O)c3ccccc3F)CC2)C[C@H](C)O1. The molecule has 1 aromatic carbocycles. The van der Waals surface area contributed by atoms with Crippen LogP contribution in [0.15, 0.2) is 29.2 Å². The van der Waals surface area contributed by atoms with Crippen LogP contribution in [-0.2, 0) is 19.6 Å².